The number of hydrogen-bond acceptors (Lipinski definition) is 8. The van der Waals surface area contributed by atoms with Crippen LogP contribution >= 0.6 is 0 Å². The minimum absolute atomic E-state index is 0.0525. The number of nitrogens with two attached hydrogens (primary N) is 2. The van der Waals surface area contributed by atoms with Crippen molar-refractivity contribution in [3.8, 4) is 5.75 Å². The predicted octanol–water partition coefficient (Wildman–Crippen LogP) is 5.63. The Balaban J connectivity index is 1.69. The lowest BCUT2D eigenvalue weighted by molar-refractivity contribution is 0.240. The molecule has 3 aromatic rings. The summed E-state index contributed by atoms with van der Waals surface area (Å²) in [6.45, 7) is 11.7. The Morgan fingerprint density at radius 1 is 0.857 bits per heavy atom. The third kappa shape index (κ3) is 5.51. The van der Waals surface area contributed by atoms with Crippen LogP contribution in [0.25, 0.3) is 0 Å². The molecule has 2 atom stereocenters. The van der Waals surface area contributed by atoms with Gasteiger partial charge in [0.25, 0.3) is 0 Å². The summed E-state index contributed by atoms with van der Waals surface area (Å²) >= 11 is 0. The highest BCUT2D eigenvalue weighted by Gasteiger charge is 2.40. The second-order valence-electron chi connectivity index (χ2n) is 12.2. The number of aryl methyl sites for hydroxylation is 1. The number of para-hydroxylation sites is 2. The average Bonchev–Trinajstić information content (AvgIpc) is 2.95. The van der Waals surface area contributed by atoms with Crippen LogP contribution in [0.5, 0.6) is 5.75 Å². The van der Waals surface area contributed by atoms with E-state index in [0.29, 0.717) is 11.6 Å². The van der Waals surface area contributed by atoms with Gasteiger partial charge < -0.3 is 25.2 Å². The maximum Gasteiger partial charge on any atom is 0.182 e. The Morgan fingerprint density at radius 3 is 2.12 bits per heavy atom. The van der Waals surface area contributed by atoms with Gasteiger partial charge in [-0.2, -0.15) is 0 Å². The fourth-order valence-electron chi connectivity index (χ4n) is 6.25. The molecule has 8 nitrogen and oxygen atoms in total. The van der Waals surface area contributed by atoms with Crippen molar-refractivity contribution in [2.75, 3.05) is 29.9 Å². The highest BCUT2D eigenvalue weighted by Crippen LogP contribution is 2.47. The summed E-state index contributed by atoms with van der Waals surface area (Å²) in [4.78, 5) is 6.46. The zero-order chi connectivity index (χ0) is 30.3. The topological polar surface area (TPSA) is 105 Å². The van der Waals surface area contributed by atoms with Crippen LogP contribution in [0, 0.1) is 6.92 Å². The molecule has 226 valence electrons. The number of benzene rings is 3. The molecule has 1 fully saturated rings. The number of anilines is 3. The van der Waals surface area contributed by atoms with E-state index in [1.54, 1.807) is 32.0 Å². The van der Waals surface area contributed by atoms with Crippen LogP contribution in [-0.2, 0) is 9.84 Å². The van der Waals surface area contributed by atoms with Crippen LogP contribution < -0.4 is 26.0 Å². The number of piperidine rings is 1. The quantitative estimate of drug-likeness (QED) is 0.364. The Kier molecular flexibility index (Phi) is 8.58. The molecular weight excluding hydrogens is 546 g/mol. The van der Waals surface area contributed by atoms with Crippen molar-refractivity contribution >= 4 is 26.9 Å². The third-order valence-electron chi connectivity index (χ3n) is 8.56. The number of ether oxygens (including phenoxy) is 1. The first kappa shape index (κ1) is 30.4. The van der Waals surface area contributed by atoms with Gasteiger partial charge >= 0.3 is 0 Å². The minimum Gasteiger partial charge on any atom is -0.489 e. The maximum absolute atomic E-state index is 13.5. The van der Waals surface area contributed by atoms with Gasteiger partial charge in [-0.05, 0) is 115 Å². The van der Waals surface area contributed by atoms with Gasteiger partial charge in [0.05, 0.1) is 33.3 Å². The molecule has 4 N–H and O–H groups in total. The zero-order valence-corrected chi connectivity index (χ0v) is 26.4. The van der Waals surface area contributed by atoms with Gasteiger partial charge in [0, 0.05) is 5.56 Å². The molecule has 0 saturated carbocycles. The lowest BCUT2D eigenvalue weighted by Gasteiger charge is -2.49. The van der Waals surface area contributed by atoms with Gasteiger partial charge in [0.15, 0.2) is 16.1 Å². The lowest BCUT2D eigenvalue weighted by Crippen LogP contribution is -2.59. The number of hydrogen-bond donors (Lipinski definition) is 2. The molecule has 5 rings (SSSR count). The first-order valence-electron chi connectivity index (χ1n) is 14.9. The van der Waals surface area contributed by atoms with E-state index in [9.17, 15) is 8.42 Å². The molecule has 0 spiro atoms. The fourth-order valence-corrected chi connectivity index (χ4v) is 7.49. The third-order valence-corrected chi connectivity index (χ3v) is 10.8. The first-order valence-corrected chi connectivity index (χ1v) is 16.5. The molecule has 0 aliphatic carbocycles. The summed E-state index contributed by atoms with van der Waals surface area (Å²) in [7, 11) is -1.44. The standard InChI is InChI=1S/C33H45N5O3S/c1-21(2)41-30-20-26(24-15-17-36(6)18-16-24)23(5)19-29(30)37-27-12-8-7-11-25(27)32(34)38(33(37)35)28-13-9-10-14-31(28)42(39,40)22(3)4/h7-14,19-22,24,32-33H,15-18,34-35H2,1-6H3. The molecule has 1 saturated heterocycles. The fraction of sp³-hybridized carbons (Fsp3) is 0.455. The van der Waals surface area contributed by atoms with E-state index in [-0.39, 0.29) is 11.0 Å². The van der Waals surface area contributed by atoms with E-state index >= 15 is 0 Å². The minimum atomic E-state index is -3.62. The molecule has 0 amide bonds. The van der Waals surface area contributed by atoms with E-state index in [2.05, 4.69) is 31.0 Å². The average molecular weight is 592 g/mol. The Hall–Kier alpha value is -3.11. The molecule has 0 radical (unpaired) electrons. The molecule has 2 aliphatic rings. The summed E-state index contributed by atoms with van der Waals surface area (Å²) in [5, 5.41) is -0.597. The second kappa shape index (κ2) is 11.9. The van der Waals surface area contributed by atoms with E-state index in [1.165, 1.54) is 11.1 Å². The van der Waals surface area contributed by atoms with Crippen molar-refractivity contribution in [2.24, 2.45) is 11.5 Å². The van der Waals surface area contributed by atoms with E-state index in [1.807, 2.05) is 54.0 Å². The van der Waals surface area contributed by atoms with Crippen LogP contribution in [0.1, 0.15) is 69.3 Å². The highest BCUT2D eigenvalue weighted by atomic mass is 32.2. The molecule has 2 aliphatic heterocycles. The van der Waals surface area contributed by atoms with Crippen molar-refractivity contribution in [3.05, 3.63) is 77.4 Å². The van der Waals surface area contributed by atoms with Crippen LogP contribution in [0.3, 0.4) is 0 Å². The molecule has 42 heavy (non-hydrogen) atoms. The van der Waals surface area contributed by atoms with E-state index in [4.69, 9.17) is 16.2 Å². The highest BCUT2D eigenvalue weighted by molar-refractivity contribution is 7.92. The number of fused-ring (bicyclic) bond motifs is 1. The number of rotatable bonds is 7. The lowest BCUT2D eigenvalue weighted by atomic mass is 9.86. The molecule has 2 unspecified atom stereocenters. The van der Waals surface area contributed by atoms with Crippen LogP contribution in [0.15, 0.2) is 65.6 Å². The smallest absolute Gasteiger partial charge is 0.182 e. The van der Waals surface area contributed by atoms with E-state index < -0.39 is 27.5 Å². The van der Waals surface area contributed by atoms with Crippen LogP contribution in [0.4, 0.5) is 17.1 Å². The largest absolute Gasteiger partial charge is 0.489 e. The normalized spacial score (nSPS) is 20.3. The number of nitrogens with zero attached hydrogens (tertiary/aromatic N) is 3. The molecule has 9 heteroatoms. The molecule has 0 aromatic heterocycles. The molecule has 2 heterocycles. The maximum atomic E-state index is 13.5. The summed E-state index contributed by atoms with van der Waals surface area (Å²) < 4.78 is 33.5. The van der Waals surface area contributed by atoms with Gasteiger partial charge in [-0.1, -0.05) is 30.3 Å². The van der Waals surface area contributed by atoms with Gasteiger partial charge in [0.1, 0.15) is 11.9 Å². The summed E-state index contributed by atoms with van der Waals surface area (Å²) in [5.74, 6) is 1.22. The van der Waals surface area contributed by atoms with Crippen molar-refractivity contribution in [1.82, 2.24) is 4.90 Å². The van der Waals surface area contributed by atoms with Crippen molar-refractivity contribution in [1.29, 1.82) is 0 Å². The molecule has 3 aromatic carbocycles. The summed E-state index contributed by atoms with van der Waals surface area (Å²) in [6, 6.07) is 19.3. The number of sulfone groups is 1. The van der Waals surface area contributed by atoms with Crippen molar-refractivity contribution in [3.63, 3.8) is 0 Å². The second-order valence-corrected chi connectivity index (χ2v) is 14.6. The Morgan fingerprint density at radius 2 is 1.48 bits per heavy atom. The summed E-state index contributed by atoms with van der Waals surface area (Å²) in [5.41, 5.74) is 19.6. The zero-order valence-electron chi connectivity index (χ0n) is 25.6. The Labute approximate surface area is 251 Å². The molecular formula is C33H45N5O3S. The summed E-state index contributed by atoms with van der Waals surface area (Å²) in [6.07, 6.45) is 0.691. The molecule has 0 bridgehead atoms. The van der Waals surface area contributed by atoms with Gasteiger partial charge in [0.2, 0.25) is 0 Å². The van der Waals surface area contributed by atoms with Gasteiger partial charge in [-0.15, -0.1) is 0 Å². The van der Waals surface area contributed by atoms with Crippen LogP contribution in [-0.4, -0.2) is 51.1 Å². The number of likely N-dealkylation sites (tertiary alicyclic amines) is 1. The predicted molar refractivity (Wildman–Crippen MR) is 171 cm³/mol. The van der Waals surface area contributed by atoms with Crippen molar-refractivity contribution < 1.29 is 13.2 Å². The van der Waals surface area contributed by atoms with Gasteiger partial charge in [-0.25, -0.2) is 8.42 Å². The van der Waals surface area contributed by atoms with Crippen molar-refractivity contribution in [2.45, 2.75) is 82.1 Å². The van der Waals surface area contributed by atoms with E-state index in [0.717, 1.165) is 48.6 Å². The first-order chi connectivity index (χ1) is 19.9. The Bertz CT molecular complexity index is 1530. The SMILES string of the molecule is Cc1cc(N2c3ccccc3C(N)N(c3ccccc3S(=O)(=O)C(C)C)C2N)c(OC(C)C)cc1C1CCN(C)CC1. The van der Waals surface area contributed by atoms with Gasteiger partial charge in [-0.3, -0.25) is 5.73 Å². The monoisotopic (exact) mass is 591 g/mol. The van der Waals surface area contributed by atoms with Crippen LogP contribution in [0.2, 0.25) is 0 Å².